The van der Waals surface area contributed by atoms with Gasteiger partial charge < -0.3 is 0 Å². The molecule has 0 radical (unpaired) electrons. The Kier molecular flexibility index (Phi) is 4.25. The fourth-order valence-electron chi connectivity index (χ4n) is 1.19. The van der Waals surface area contributed by atoms with E-state index in [4.69, 9.17) is 28.5 Å². The second-order valence-corrected chi connectivity index (χ2v) is 3.36. The van der Waals surface area contributed by atoms with E-state index in [9.17, 15) is 8.78 Å². The minimum atomic E-state index is -2.67. The lowest BCUT2D eigenvalue weighted by Crippen LogP contribution is -2.01. The molecule has 0 amide bonds. The van der Waals surface area contributed by atoms with Crippen LogP contribution in [0.4, 0.5) is 8.78 Å². The average Bonchev–Trinajstić information content (AvgIpc) is 2.20. The highest BCUT2D eigenvalue weighted by Crippen LogP contribution is 2.29. The van der Waals surface area contributed by atoms with E-state index < -0.39 is 6.43 Å². The number of halogens is 4. The van der Waals surface area contributed by atoms with Crippen LogP contribution in [-0.2, 0) is 12.3 Å². The molecule has 80 valence electrons. The van der Waals surface area contributed by atoms with Crippen molar-refractivity contribution >= 4 is 23.2 Å². The zero-order chi connectivity index (χ0) is 11.4. The smallest absolute Gasteiger partial charge is 0.244 e. The second kappa shape index (κ2) is 5.24. The van der Waals surface area contributed by atoms with Crippen LogP contribution >= 0.6 is 23.2 Å². The minimum absolute atomic E-state index is 0.0524. The van der Waals surface area contributed by atoms with Gasteiger partial charge in [-0.05, 0) is 5.56 Å². The summed E-state index contributed by atoms with van der Waals surface area (Å²) in [6.07, 6.45) is -1.75. The van der Waals surface area contributed by atoms with Crippen molar-refractivity contribution in [3.63, 3.8) is 0 Å². The summed E-state index contributed by atoms with van der Waals surface area (Å²) < 4.78 is 25.1. The Morgan fingerprint density at radius 1 is 1.47 bits per heavy atom. The van der Waals surface area contributed by atoms with E-state index >= 15 is 0 Å². The molecule has 0 aliphatic carbocycles. The number of pyridine rings is 1. The molecular weight excluding hydrogens is 245 g/mol. The number of nitrogens with zero attached hydrogens (tertiary/aromatic N) is 2. The van der Waals surface area contributed by atoms with Crippen LogP contribution in [0.2, 0.25) is 5.15 Å². The number of aromatic nitrogens is 1. The third-order valence-electron chi connectivity index (χ3n) is 1.90. The van der Waals surface area contributed by atoms with E-state index in [2.05, 4.69) is 4.98 Å². The molecule has 6 heteroatoms. The van der Waals surface area contributed by atoms with E-state index in [1.807, 2.05) is 6.07 Å². The topological polar surface area (TPSA) is 36.7 Å². The molecule has 1 aromatic heterocycles. The third-order valence-corrected chi connectivity index (χ3v) is 2.50. The molecule has 1 rings (SSSR count). The zero-order valence-corrected chi connectivity index (χ0v) is 8.99. The third kappa shape index (κ3) is 2.55. The van der Waals surface area contributed by atoms with Gasteiger partial charge in [0.25, 0.3) is 6.43 Å². The molecule has 1 aromatic rings. The maximum absolute atomic E-state index is 12.5. The van der Waals surface area contributed by atoms with Crippen LogP contribution in [0.1, 0.15) is 23.1 Å². The van der Waals surface area contributed by atoms with Gasteiger partial charge in [-0.2, -0.15) is 5.26 Å². The van der Waals surface area contributed by atoms with Gasteiger partial charge in [-0.3, -0.25) is 0 Å². The molecule has 1 heterocycles. The first kappa shape index (κ1) is 12.2. The van der Waals surface area contributed by atoms with Crippen molar-refractivity contribution < 1.29 is 8.78 Å². The van der Waals surface area contributed by atoms with Crippen LogP contribution in [0, 0.1) is 11.3 Å². The highest BCUT2D eigenvalue weighted by atomic mass is 35.5. The highest BCUT2D eigenvalue weighted by molar-refractivity contribution is 6.30. The lowest BCUT2D eigenvalue weighted by molar-refractivity contribution is 0.150. The molecule has 15 heavy (non-hydrogen) atoms. The molecule has 0 unspecified atom stereocenters. The molecular formula is C9H6Cl2F2N2. The SMILES string of the molecule is N#CCc1c(Cl)ncc(C(F)F)c1CCl. The van der Waals surface area contributed by atoms with Gasteiger partial charge in [-0.15, -0.1) is 11.6 Å². The molecule has 0 bridgehead atoms. The lowest BCUT2D eigenvalue weighted by Gasteiger charge is -2.10. The summed E-state index contributed by atoms with van der Waals surface area (Å²) in [6.45, 7) is 0. The summed E-state index contributed by atoms with van der Waals surface area (Å²) in [5, 5.41) is 8.58. The molecule has 0 atom stereocenters. The molecule has 0 N–H and O–H groups in total. The van der Waals surface area contributed by atoms with Crippen molar-refractivity contribution in [1.82, 2.24) is 4.98 Å². The van der Waals surface area contributed by atoms with Gasteiger partial charge in [0.2, 0.25) is 0 Å². The molecule has 0 saturated carbocycles. The normalized spacial score (nSPS) is 10.4. The van der Waals surface area contributed by atoms with E-state index in [1.54, 1.807) is 0 Å². The lowest BCUT2D eigenvalue weighted by atomic mass is 10.0. The summed E-state index contributed by atoms with van der Waals surface area (Å²) in [5.41, 5.74) is 0.222. The first-order valence-corrected chi connectivity index (χ1v) is 4.90. The average molecular weight is 251 g/mol. The van der Waals surface area contributed by atoms with Crippen molar-refractivity contribution in [1.29, 1.82) is 5.26 Å². The fraction of sp³-hybridized carbons (Fsp3) is 0.333. The van der Waals surface area contributed by atoms with Crippen molar-refractivity contribution in [2.75, 3.05) is 0 Å². The van der Waals surface area contributed by atoms with E-state index in [0.717, 1.165) is 6.20 Å². The first-order chi connectivity index (χ1) is 7.11. The zero-order valence-electron chi connectivity index (χ0n) is 7.48. The summed E-state index contributed by atoms with van der Waals surface area (Å²) in [5.74, 6) is -0.112. The van der Waals surface area contributed by atoms with Gasteiger partial charge in [-0.1, -0.05) is 11.6 Å². The number of rotatable bonds is 3. The molecule has 0 saturated heterocycles. The van der Waals surface area contributed by atoms with Crippen molar-refractivity contribution in [3.05, 3.63) is 28.0 Å². The van der Waals surface area contributed by atoms with Crippen LogP contribution in [0.25, 0.3) is 0 Å². The van der Waals surface area contributed by atoms with Crippen LogP contribution in [0.15, 0.2) is 6.20 Å². The van der Waals surface area contributed by atoms with Gasteiger partial charge in [0.05, 0.1) is 12.5 Å². The van der Waals surface area contributed by atoms with Gasteiger partial charge >= 0.3 is 0 Å². The minimum Gasteiger partial charge on any atom is -0.244 e. The maximum Gasteiger partial charge on any atom is 0.265 e. The van der Waals surface area contributed by atoms with Crippen LogP contribution in [-0.4, -0.2) is 4.98 Å². The van der Waals surface area contributed by atoms with Crippen LogP contribution in [0.3, 0.4) is 0 Å². The molecule has 0 aromatic carbocycles. The van der Waals surface area contributed by atoms with E-state index in [1.165, 1.54) is 0 Å². The van der Waals surface area contributed by atoms with Crippen molar-refractivity contribution in [2.24, 2.45) is 0 Å². The summed E-state index contributed by atoms with van der Waals surface area (Å²) in [6, 6.07) is 1.84. The van der Waals surface area contributed by atoms with E-state index in [0.29, 0.717) is 0 Å². The number of alkyl halides is 3. The van der Waals surface area contributed by atoms with Gasteiger partial charge in [0.1, 0.15) is 5.15 Å². The number of nitriles is 1. The number of hydrogen-bond acceptors (Lipinski definition) is 2. The van der Waals surface area contributed by atoms with Crippen molar-refractivity contribution in [2.45, 2.75) is 18.7 Å². The standard InChI is InChI=1S/C9H6Cl2F2N2/c10-3-6-5(1-2-14)8(11)15-4-7(6)9(12)13/h4,9H,1,3H2. The summed E-state index contributed by atoms with van der Waals surface area (Å²) >= 11 is 11.3. The van der Waals surface area contributed by atoms with Crippen molar-refractivity contribution in [3.8, 4) is 6.07 Å². The second-order valence-electron chi connectivity index (χ2n) is 2.73. The number of hydrogen-bond donors (Lipinski definition) is 0. The predicted octanol–water partition coefficient (Wildman–Crippen LogP) is 3.48. The molecule has 2 nitrogen and oxygen atoms in total. The monoisotopic (exact) mass is 250 g/mol. The largest absolute Gasteiger partial charge is 0.265 e. The Labute approximate surface area is 95.4 Å². The summed E-state index contributed by atoms with van der Waals surface area (Å²) in [4.78, 5) is 3.60. The van der Waals surface area contributed by atoms with Gasteiger partial charge in [-0.25, -0.2) is 13.8 Å². The Hall–Kier alpha value is -0.920. The molecule has 0 aliphatic rings. The summed E-state index contributed by atoms with van der Waals surface area (Å²) in [7, 11) is 0. The van der Waals surface area contributed by atoms with Crippen LogP contribution < -0.4 is 0 Å². The Morgan fingerprint density at radius 2 is 2.13 bits per heavy atom. The van der Waals surface area contributed by atoms with Gasteiger partial charge in [0, 0.05) is 23.2 Å². The highest BCUT2D eigenvalue weighted by Gasteiger charge is 2.18. The van der Waals surface area contributed by atoms with Crippen LogP contribution in [0.5, 0.6) is 0 Å². The predicted molar refractivity (Wildman–Crippen MR) is 53.1 cm³/mol. The first-order valence-electron chi connectivity index (χ1n) is 3.99. The van der Waals surface area contributed by atoms with Gasteiger partial charge in [0.15, 0.2) is 0 Å². The molecule has 0 fully saturated rings. The Bertz CT molecular complexity index is 402. The van der Waals surface area contributed by atoms with E-state index in [-0.39, 0.29) is 34.1 Å². The molecule has 0 aliphatic heterocycles. The quantitative estimate of drug-likeness (QED) is 0.609. The maximum atomic E-state index is 12.5. The molecule has 0 spiro atoms. The Morgan fingerprint density at radius 3 is 2.60 bits per heavy atom. The Balaban J connectivity index is 3.34. The fourth-order valence-corrected chi connectivity index (χ4v) is 1.73.